The Bertz CT molecular complexity index is 489. The highest BCUT2D eigenvalue weighted by Gasteiger charge is 2.15. The first-order chi connectivity index (χ1) is 8.30. The monoisotopic (exact) mass is 334 g/mol. The molecule has 1 aromatic carbocycles. The molecule has 0 heterocycles. The van der Waals surface area contributed by atoms with Gasteiger partial charge in [0.15, 0.2) is 0 Å². The van der Waals surface area contributed by atoms with Crippen LogP contribution in [-0.2, 0) is 10.2 Å². The Kier molecular flexibility index (Phi) is 5.78. The number of hydrogen-bond acceptors (Lipinski definition) is 2. The van der Waals surface area contributed by atoms with Gasteiger partial charge in [0, 0.05) is 17.1 Å². The van der Waals surface area contributed by atoms with Crippen molar-refractivity contribution >= 4 is 26.1 Å². The fourth-order valence-electron chi connectivity index (χ4n) is 1.39. The van der Waals surface area contributed by atoms with Crippen LogP contribution in [0.2, 0.25) is 0 Å². The molecule has 0 amide bonds. The van der Waals surface area contributed by atoms with Crippen molar-refractivity contribution in [1.82, 2.24) is 9.44 Å². The van der Waals surface area contributed by atoms with Crippen molar-refractivity contribution in [1.29, 1.82) is 0 Å². The van der Waals surface area contributed by atoms with Crippen molar-refractivity contribution in [3.63, 3.8) is 0 Å². The van der Waals surface area contributed by atoms with Crippen LogP contribution in [0.3, 0.4) is 0 Å². The maximum atomic E-state index is 11.8. The van der Waals surface area contributed by atoms with Gasteiger partial charge < -0.3 is 0 Å². The zero-order valence-electron chi connectivity index (χ0n) is 10.8. The van der Waals surface area contributed by atoms with Crippen LogP contribution in [0.25, 0.3) is 0 Å². The topological polar surface area (TPSA) is 58.2 Å². The Labute approximate surface area is 117 Å². The van der Waals surface area contributed by atoms with Gasteiger partial charge in [-0.15, -0.1) is 0 Å². The largest absolute Gasteiger partial charge is 0.277 e. The summed E-state index contributed by atoms with van der Waals surface area (Å²) in [5, 5.41) is 0. The van der Waals surface area contributed by atoms with Crippen LogP contribution < -0.4 is 9.44 Å². The third-order valence-electron chi connectivity index (χ3n) is 2.36. The maximum absolute atomic E-state index is 11.8. The molecule has 102 valence electrons. The zero-order chi connectivity index (χ0) is 13.8. The van der Waals surface area contributed by atoms with Crippen molar-refractivity contribution in [3.8, 4) is 0 Å². The zero-order valence-corrected chi connectivity index (χ0v) is 13.2. The summed E-state index contributed by atoms with van der Waals surface area (Å²) in [5.41, 5.74) is 0.916. The molecule has 18 heavy (non-hydrogen) atoms. The molecule has 0 saturated heterocycles. The molecule has 0 aliphatic heterocycles. The SMILES string of the molecule is CC(C)CNS(=O)(=O)NC(C)c1cccc(Br)c1. The molecule has 1 rings (SSSR count). The van der Waals surface area contributed by atoms with E-state index in [0.29, 0.717) is 6.54 Å². The molecule has 0 saturated carbocycles. The molecule has 1 atom stereocenters. The van der Waals surface area contributed by atoms with E-state index in [1.165, 1.54) is 0 Å². The van der Waals surface area contributed by atoms with Gasteiger partial charge in [0.25, 0.3) is 10.2 Å². The Morgan fingerprint density at radius 1 is 1.28 bits per heavy atom. The molecule has 0 bridgehead atoms. The van der Waals surface area contributed by atoms with Crippen LogP contribution in [0, 0.1) is 5.92 Å². The van der Waals surface area contributed by atoms with Crippen LogP contribution >= 0.6 is 15.9 Å². The molecule has 4 nitrogen and oxygen atoms in total. The first-order valence-corrected chi connectivity index (χ1v) is 8.10. The van der Waals surface area contributed by atoms with E-state index in [2.05, 4.69) is 25.4 Å². The lowest BCUT2D eigenvalue weighted by molar-refractivity contribution is 0.536. The molecule has 0 spiro atoms. The lowest BCUT2D eigenvalue weighted by atomic mass is 10.1. The third kappa shape index (κ3) is 5.48. The summed E-state index contributed by atoms with van der Waals surface area (Å²) >= 11 is 3.37. The van der Waals surface area contributed by atoms with Crippen LogP contribution in [-0.4, -0.2) is 15.0 Å². The van der Waals surface area contributed by atoms with Gasteiger partial charge in [0.2, 0.25) is 0 Å². The molecule has 0 fully saturated rings. The van der Waals surface area contributed by atoms with Gasteiger partial charge in [-0.1, -0.05) is 41.9 Å². The highest BCUT2D eigenvalue weighted by molar-refractivity contribution is 9.10. The molecular formula is C12H19BrN2O2S. The third-order valence-corrected chi connectivity index (χ3v) is 4.07. The van der Waals surface area contributed by atoms with Crippen molar-refractivity contribution in [2.45, 2.75) is 26.8 Å². The predicted molar refractivity (Wildman–Crippen MR) is 77.5 cm³/mol. The van der Waals surface area contributed by atoms with Gasteiger partial charge in [-0.2, -0.15) is 13.1 Å². The van der Waals surface area contributed by atoms with Crippen LogP contribution in [0.1, 0.15) is 32.4 Å². The predicted octanol–water partition coefficient (Wildman–Crippen LogP) is 2.59. The van der Waals surface area contributed by atoms with E-state index in [1.807, 2.05) is 45.0 Å². The molecule has 0 radical (unpaired) electrons. The molecule has 0 aliphatic rings. The lowest BCUT2D eigenvalue weighted by Crippen LogP contribution is -2.39. The minimum atomic E-state index is -3.45. The van der Waals surface area contributed by atoms with Crippen LogP contribution in [0.4, 0.5) is 0 Å². The smallest absolute Gasteiger partial charge is 0.202 e. The fraction of sp³-hybridized carbons (Fsp3) is 0.500. The van der Waals surface area contributed by atoms with Crippen molar-refractivity contribution in [2.24, 2.45) is 5.92 Å². The molecule has 1 unspecified atom stereocenters. The second-order valence-electron chi connectivity index (χ2n) is 4.64. The van der Waals surface area contributed by atoms with Gasteiger partial charge in [0.05, 0.1) is 0 Å². The van der Waals surface area contributed by atoms with E-state index < -0.39 is 10.2 Å². The minimum Gasteiger partial charge on any atom is -0.202 e. The number of halogens is 1. The molecule has 6 heteroatoms. The number of benzene rings is 1. The summed E-state index contributed by atoms with van der Waals surface area (Å²) in [7, 11) is -3.45. The second-order valence-corrected chi connectivity index (χ2v) is 7.09. The van der Waals surface area contributed by atoms with E-state index in [4.69, 9.17) is 0 Å². The summed E-state index contributed by atoms with van der Waals surface area (Å²) < 4.78 is 29.6. The number of nitrogens with one attached hydrogen (secondary N) is 2. The van der Waals surface area contributed by atoms with Gasteiger partial charge in [-0.3, -0.25) is 0 Å². The number of rotatable bonds is 6. The first kappa shape index (κ1) is 15.6. The highest BCUT2D eigenvalue weighted by atomic mass is 79.9. The quantitative estimate of drug-likeness (QED) is 0.840. The number of hydrogen-bond donors (Lipinski definition) is 2. The average Bonchev–Trinajstić information content (AvgIpc) is 2.26. The van der Waals surface area contributed by atoms with E-state index >= 15 is 0 Å². The molecule has 0 aliphatic carbocycles. The van der Waals surface area contributed by atoms with Gasteiger partial charge in [-0.05, 0) is 30.5 Å². The molecule has 2 N–H and O–H groups in total. The van der Waals surface area contributed by atoms with Crippen molar-refractivity contribution in [2.75, 3.05) is 6.54 Å². The Morgan fingerprint density at radius 3 is 2.50 bits per heavy atom. The maximum Gasteiger partial charge on any atom is 0.277 e. The van der Waals surface area contributed by atoms with E-state index in [-0.39, 0.29) is 12.0 Å². The van der Waals surface area contributed by atoms with Crippen LogP contribution in [0.15, 0.2) is 28.7 Å². The summed E-state index contributed by atoms with van der Waals surface area (Å²) in [6.45, 7) is 6.16. The first-order valence-electron chi connectivity index (χ1n) is 5.82. The summed E-state index contributed by atoms with van der Waals surface area (Å²) in [6.07, 6.45) is 0. The Balaban J connectivity index is 2.66. The van der Waals surface area contributed by atoms with E-state index in [1.54, 1.807) is 0 Å². The standard InChI is InChI=1S/C12H19BrN2O2S/c1-9(2)8-14-18(16,17)15-10(3)11-5-4-6-12(13)7-11/h4-7,9-10,14-15H,8H2,1-3H3. The molecule has 0 aromatic heterocycles. The Hall–Kier alpha value is -0.430. The van der Waals surface area contributed by atoms with Crippen molar-refractivity contribution < 1.29 is 8.42 Å². The average molecular weight is 335 g/mol. The minimum absolute atomic E-state index is 0.271. The summed E-state index contributed by atoms with van der Waals surface area (Å²) in [5.74, 6) is 0.280. The molecule has 1 aromatic rings. The van der Waals surface area contributed by atoms with E-state index in [9.17, 15) is 8.42 Å². The molecular weight excluding hydrogens is 316 g/mol. The summed E-state index contributed by atoms with van der Waals surface area (Å²) in [4.78, 5) is 0. The van der Waals surface area contributed by atoms with E-state index in [0.717, 1.165) is 10.0 Å². The normalized spacial score (nSPS) is 13.8. The van der Waals surface area contributed by atoms with Gasteiger partial charge in [-0.25, -0.2) is 4.72 Å². The lowest BCUT2D eigenvalue weighted by Gasteiger charge is -2.16. The van der Waals surface area contributed by atoms with Crippen LogP contribution in [0.5, 0.6) is 0 Å². The van der Waals surface area contributed by atoms with Crippen molar-refractivity contribution in [3.05, 3.63) is 34.3 Å². The van der Waals surface area contributed by atoms with Gasteiger partial charge >= 0.3 is 0 Å². The van der Waals surface area contributed by atoms with Gasteiger partial charge in [0.1, 0.15) is 0 Å². The fourth-order valence-corrected chi connectivity index (χ4v) is 3.05. The second kappa shape index (κ2) is 6.65. The Morgan fingerprint density at radius 2 is 1.94 bits per heavy atom. The summed E-state index contributed by atoms with van der Waals surface area (Å²) in [6, 6.07) is 7.30. The highest BCUT2D eigenvalue weighted by Crippen LogP contribution is 2.18.